The fraction of sp³-hybridized carbons (Fsp3) is 0.394. The lowest BCUT2D eigenvalue weighted by Gasteiger charge is -2.42. The number of amides is 3. The molecule has 0 aliphatic carbocycles. The van der Waals surface area contributed by atoms with E-state index in [2.05, 4.69) is 51.5 Å². The van der Waals surface area contributed by atoms with Gasteiger partial charge < -0.3 is 20.0 Å². The maximum atomic E-state index is 12.5. The van der Waals surface area contributed by atoms with E-state index in [0.717, 1.165) is 52.9 Å². The minimum atomic E-state index is -0.429. The van der Waals surface area contributed by atoms with Crippen molar-refractivity contribution in [3.05, 3.63) is 58.9 Å². The number of aromatic nitrogens is 4. The molecule has 0 bridgehead atoms. The number of rotatable bonds is 6. The zero-order valence-electron chi connectivity index (χ0n) is 26.2. The molecule has 2 fully saturated rings. The summed E-state index contributed by atoms with van der Waals surface area (Å²) >= 11 is 6.51. The van der Waals surface area contributed by atoms with E-state index in [0.29, 0.717) is 47.8 Å². The fourth-order valence-electron chi connectivity index (χ4n) is 6.98. The average molecular weight is 642 g/mol. The van der Waals surface area contributed by atoms with Gasteiger partial charge in [-0.15, -0.1) is 0 Å². The summed E-state index contributed by atoms with van der Waals surface area (Å²) in [6.45, 7) is 2.97. The number of hydrogen-bond acceptors (Lipinski definition) is 9. The van der Waals surface area contributed by atoms with Gasteiger partial charge in [0.2, 0.25) is 23.7 Å². The molecule has 1 unspecified atom stereocenters. The Morgan fingerprint density at radius 3 is 2.70 bits per heavy atom. The first-order chi connectivity index (χ1) is 22.1. The molecule has 0 spiro atoms. The number of anilines is 5. The molecule has 3 atom stereocenters. The van der Waals surface area contributed by atoms with Gasteiger partial charge in [0.05, 0.1) is 29.7 Å². The molecule has 2 saturated heterocycles. The van der Waals surface area contributed by atoms with Crippen LogP contribution in [0.25, 0.3) is 10.9 Å². The van der Waals surface area contributed by atoms with Crippen LogP contribution in [0.1, 0.15) is 49.8 Å². The summed E-state index contributed by atoms with van der Waals surface area (Å²) in [5, 5.41) is 11.8. The molecular weight excluding hydrogens is 606 g/mol. The number of carbonyl (C=O) groups is 3. The Hall–Kier alpha value is -4.71. The number of halogens is 1. The van der Waals surface area contributed by atoms with Crippen LogP contribution in [0.4, 0.5) is 28.8 Å². The molecule has 7 rings (SSSR count). The molecule has 238 valence electrons. The topological polar surface area (TPSA) is 129 Å². The number of benzene rings is 2. The van der Waals surface area contributed by atoms with Crippen LogP contribution in [0, 0.1) is 0 Å². The normalized spacial score (nSPS) is 21.5. The molecule has 3 aliphatic heterocycles. The van der Waals surface area contributed by atoms with Gasteiger partial charge in [0.1, 0.15) is 5.02 Å². The smallest absolute Gasteiger partial charge is 0.235 e. The number of aryl methyl sites for hydroxylation is 1. The van der Waals surface area contributed by atoms with Crippen molar-refractivity contribution in [3.63, 3.8) is 0 Å². The van der Waals surface area contributed by atoms with Gasteiger partial charge in [0, 0.05) is 68.6 Å². The quantitative estimate of drug-likeness (QED) is 0.296. The molecule has 2 aromatic heterocycles. The van der Waals surface area contributed by atoms with Crippen molar-refractivity contribution < 1.29 is 14.4 Å². The molecule has 3 aliphatic rings. The average Bonchev–Trinajstić information content (AvgIpc) is 3.51. The van der Waals surface area contributed by atoms with Crippen molar-refractivity contribution >= 4 is 69.1 Å². The predicted octanol–water partition coefficient (Wildman–Crippen LogP) is 4.29. The number of piperidine rings is 2. The van der Waals surface area contributed by atoms with Gasteiger partial charge in [0.25, 0.3) is 0 Å². The van der Waals surface area contributed by atoms with E-state index in [1.807, 2.05) is 36.0 Å². The van der Waals surface area contributed by atoms with Gasteiger partial charge in [0.15, 0.2) is 5.82 Å². The van der Waals surface area contributed by atoms with E-state index >= 15 is 0 Å². The summed E-state index contributed by atoms with van der Waals surface area (Å²) in [4.78, 5) is 51.9. The number of carbonyl (C=O) groups excluding carboxylic acids is 3. The molecule has 3 amide bonds. The Balaban J connectivity index is 1.05. The van der Waals surface area contributed by atoms with Crippen molar-refractivity contribution in [2.45, 2.75) is 57.0 Å². The molecule has 4 aromatic rings. The largest absolute Gasteiger partial charge is 0.371 e. The molecule has 13 heteroatoms. The van der Waals surface area contributed by atoms with E-state index in [-0.39, 0.29) is 23.8 Å². The number of likely N-dealkylation sites (N-methyl/N-ethyl adjacent to an activating group) is 1. The van der Waals surface area contributed by atoms with Crippen LogP contribution in [0.15, 0.2) is 42.6 Å². The minimum Gasteiger partial charge on any atom is -0.371 e. The van der Waals surface area contributed by atoms with Gasteiger partial charge in [-0.1, -0.05) is 11.6 Å². The van der Waals surface area contributed by atoms with Gasteiger partial charge in [-0.3, -0.25) is 24.4 Å². The Kier molecular flexibility index (Phi) is 7.54. The van der Waals surface area contributed by atoms with Crippen LogP contribution in [-0.2, 0) is 27.9 Å². The van der Waals surface area contributed by atoms with Gasteiger partial charge in [-0.25, -0.2) is 4.98 Å². The molecular formula is C33H36ClN9O3. The van der Waals surface area contributed by atoms with Crippen LogP contribution >= 0.6 is 11.6 Å². The SMILES string of the molecule is C[C@@H]1C[C@H](N(C)c2ccc3c(C4CCC(=O)NC4=O)nn(C)c3c2)CCN1c1ncc(Cl)c(Nc2ccc3c(c2)CC(=O)N3C)n1. The van der Waals surface area contributed by atoms with E-state index in [1.165, 1.54) is 0 Å². The first kappa shape index (κ1) is 30.0. The van der Waals surface area contributed by atoms with Crippen molar-refractivity contribution in [1.82, 2.24) is 25.1 Å². The van der Waals surface area contributed by atoms with Crippen molar-refractivity contribution in [3.8, 4) is 0 Å². The second-order valence-electron chi connectivity index (χ2n) is 12.5. The Morgan fingerprint density at radius 1 is 1.09 bits per heavy atom. The monoisotopic (exact) mass is 641 g/mol. The third-order valence-electron chi connectivity index (χ3n) is 9.64. The lowest BCUT2D eigenvalue weighted by molar-refractivity contribution is -0.134. The summed E-state index contributed by atoms with van der Waals surface area (Å²) in [6, 6.07) is 12.6. The number of nitrogens with one attached hydrogen (secondary N) is 2. The third-order valence-corrected chi connectivity index (χ3v) is 9.92. The first-order valence-corrected chi connectivity index (χ1v) is 15.9. The standard InChI is InChI=1S/C33H36ClN9O3/c1-18-13-22(40(2)21-6-7-23-27(16-21)42(4)39-30(23)24-8-10-28(44)37-32(24)46)11-12-43(18)33-35-17-25(34)31(38-33)36-20-5-9-26-19(14-20)15-29(45)41(26)3/h5-7,9,14,16-18,22,24H,8,10-13,15H2,1-4H3,(H,35,36,38)(H,37,44,46)/t18-,22-,24?/m1/s1. The fourth-order valence-corrected chi connectivity index (χ4v) is 7.12. The van der Waals surface area contributed by atoms with Crippen LogP contribution in [0.3, 0.4) is 0 Å². The number of hydrogen-bond donors (Lipinski definition) is 2. The number of fused-ring (bicyclic) bond motifs is 2. The third kappa shape index (κ3) is 5.30. The van der Waals surface area contributed by atoms with Crippen LogP contribution < -0.4 is 25.3 Å². The summed E-state index contributed by atoms with van der Waals surface area (Å²) in [6.07, 6.45) is 4.62. The van der Waals surface area contributed by atoms with Gasteiger partial charge in [-0.2, -0.15) is 10.1 Å². The number of imide groups is 1. The van der Waals surface area contributed by atoms with E-state index < -0.39 is 5.92 Å². The highest BCUT2D eigenvalue weighted by molar-refractivity contribution is 6.33. The second-order valence-corrected chi connectivity index (χ2v) is 12.9. The highest BCUT2D eigenvalue weighted by Crippen LogP contribution is 2.36. The Labute approximate surface area is 271 Å². The molecule has 0 radical (unpaired) electrons. The van der Waals surface area contributed by atoms with Gasteiger partial charge in [-0.05, 0) is 68.1 Å². The Bertz CT molecular complexity index is 1890. The molecule has 46 heavy (non-hydrogen) atoms. The summed E-state index contributed by atoms with van der Waals surface area (Å²) in [5.41, 5.74) is 5.45. The van der Waals surface area contributed by atoms with Crippen molar-refractivity contribution in [1.29, 1.82) is 0 Å². The maximum Gasteiger partial charge on any atom is 0.235 e. The molecule has 12 nitrogen and oxygen atoms in total. The lowest BCUT2D eigenvalue weighted by Crippen LogP contribution is -2.48. The highest BCUT2D eigenvalue weighted by Gasteiger charge is 2.33. The van der Waals surface area contributed by atoms with Crippen molar-refractivity contribution in [2.24, 2.45) is 7.05 Å². The molecule has 2 N–H and O–H groups in total. The molecule has 2 aromatic carbocycles. The predicted molar refractivity (Wildman–Crippen MR) is 178 cm³/mol. The van der Waals surface area contributed by atoms with E-state index in [1.54, 1.807) is 18.1 Å². The van der Waals surface area contributed by atoms with Crippen LogP contribution in [0.2, 0.25) is 5.02 Å². The van der Waals surface area contributed by atoms with Gasteiger partial charge >= 0.3 is 0 Å². The second kappa shape index (κ2) is 11.6. The first-order valence-electron chi connectivity index (χ1n) is 15.6. The number of nitrogens with zero attached hydrogens (tertiary/aromatic N) is 7. The lowest BCUT2D eigenvalue weighted by atomic mass is 9.92. The van der Waals surface area contributed by atoms with Crippen molar-refractivity contribution in [2.75, 3.05) is 40.7 Å². The summed E-state index contributed by atoms with van der Waals surface area (Å²) < 4.78 is 1.82. The van der Waals surface area contributed by atoms with Crippen LogP contribution in [0.5, 0.6) is 0 Å². The Morgan fingerprint density at radius 2 is 1.91 bits per heavy atom. The maximum absolute atomic E-state index is 12.5. The van der Waals surface area contributed by atoms with E-state index in [4.69, 9.17) is 21.7 Å². The van der Waals surface area contributed by atoms with E-state index in [9.17, 15) is 14.4 Å². The summed E-state index contributed by atoms with van der Waals surface area (Å²) in [7, 11) is 5.80. The highest BCUT2D eigenvalue weighted by atomic mass is 35.5. The molecule has 5 heterocycles. The molecule has 0 saturated carbocycles. The van der Waals surface area contributed by atoms with Crippen LogP contribution in [-0.4, -0.2) is 70.2 Å². The zero-order chi connectivity index (χ0) is 32.3. The summed E-state index contributed by atoms with van der Waals surface area (Å²) in [5.74, 6) is 0.287. The minimum absolute atomic E-state index is 0.0778. The zero-order valence-corrected chi connectivity index (χ0v) is 27.0.